The molecule has 12 rings (SSSR count). The Morgan fingerprint density at radius 2 is 0.935 bits per heavy atom. The Bertz CT molecular complexity index is 3550. The van der Waals surface area contributed by atoms with E-state index in [1.165, 1.54) is 10.8 Å². The summed E-state index contributed by atoms with van der Waals surface area (Å²) in [4.78, 5) is 24.7. The summed E-state index contributed by atoms with van der Waals surface area (Å²) in [6, 6.07) is 67.8. The molecule has 0 saturated heterocycles. The van der Waals surface area contributed by atoms with Gasteiger partial charge in [-0.25, -0.2) is 4.98 Å². The quantitative estimate of drug-likeness (QED) is 0.161. The minimum absolute atomic E-state index is 0.543. The van der Waals surface area contributed by atoms with Gasteiger partial charge in [0.15, 0.2) is 11.6 Å². The average molecular weight is 794 g/mol. The molecular weight excluding hydrogens is 759 g/mol. The molecule has 0 radical (unpaired) electrons. The molecule has 0 amide bonds. The molecule has 290 valence electrons. The number of rotatable bonds is 7. The normalized spacial score (nSPS) is 11.5. The Kier molecular flexibility index (Phi) is 8.35. The molecule has 0 N–H and O–H groups in total. The van der Waals surface area contributed by atoms with Crippen molar-refractivity contribution in [1.82, 2.24) is 34.1 Å². The lowest BCUT2D eigenvalue weighted by molar-refractivity contribution is 0.953. The summed E-state index contributed by atoms with van der Waals surface area (Å²) in [5.74, 6) is 1.75. The summed E-state index contributed by atoms with van der Waals surface area (Å²) in [6.07, 6.45) is 5.54. The Morgan fingerprint density at radius 3 is 1.66 bits per heavy atom. The lowest BCUT2D eigenvalue weighted by Crippen LogP contribution is -2.06. The standard InChI is InChI=1S/C55H35N7/c1-4-14-37(15-5-1)53-58-54(38-16-6-2-7-17-38)60-55(59-53)62-50-26-24-39(44-33-40(48-21-12-13-29-57-48)23-25-42(44)36-27-30-56-31-28-36)32-45(50)47-34-46-43-20-10-11-22-49(43)61(51(46)35-52(47)62)41-18-8-3-9-19-41/h1-35H. The minimum atomic E-state index is 0.543. The Balaban J connectivity index is 1.19. The monoisotopic (exact) mass is 793 g/mol. The second kappa shape index (κ2) is 14.6. The number of pyridine rings is 2. The molecule has 5 heterocycles. The van der Waals surface area contributed by atoms with Crippen molar-refractivity contribution in [3.63, 3.8) is 0 Å². The fourth-order valence-corrected chi connectivity index (χ4v) is 8.88. The topological polar surface area (TPSA) is 74.3 Å². The molecule has 0 bridgehead atoms. The summed E-state index contributed by atoms with van der Waals surface area (Å²) in [7, 11) is 0. The van der Waals surface area contributed by atoms with Crippen LogP contribution in [0, 0.1) is 0 Å². The van der Waals surface area contributed by atoms with E-state index in [0.29, 0.717) is 17.6 Å². The van der Waals surface area contributed by atoms with E-state index in [-0.39, 0.29) is 0 Å². The molecule has 62 heavy (non-hydrogen) atoms. The summed E-state index contributed by atoms with van der Waals surface area (Å²) in [5, 5.41) is 4.54. The van der Waals surface area contributed by atoms with Crippen molar-refractivity contribution in [2.45, 2.75) is 0 Å². The van der Waals surface area contributed by atoms with Crippen molar-refractivity contribution in [1.29, 1.82) is 0 Å². The van der Waals surface area contributed by atoms with E-state index >= 15 is 0 Å². The SMILES string of the molecule is c1ccc(-c2nc(-c3ccccc3)nc(-n3c4ccc(-c5cc(-c6ccccn6)ccc5-c5ccncc5)cc4c4cc5c6ccccc6n(-c6ccccc6)c5cc43)n2)cc1. The molecule has 5 aromatic heterocycles. The van der Waals surface area contributed by atoms with Crippen LogP contribution in [0.2, 0.25) is 0 Å². The van der Waals surface area contributed by atoms with E-state index < -0.39 is 0 Å². The molecular formula is C55H35N7. The Morgan fingerprint density at radius 1 is 0.323 bits per heavy atom. The maximum absolute atomic E-state index is 5.28. The number of hydrogen-bond donors (Lipinski definition) is 0. The first-order chi connectivity index (χ1) is 30.7. The average Bonchev–Trinajstić information content (AvgIpc) is 3.85. The molecule has 0 saturated carbocycles. The maximum atomic E-state index is 5.28. The van der Waals surface area contributed by atoms with Crippen molar-refractivity contribution in [3.8, 4) is 67.9 Å². The van der Waals surface area contributed by atoms with Crippen LogP contribution in [0.4, 0.5) is 0 Å². The molecule has 7 heteroatoms. The van der Waals surface area contributed by atoms with Crippen LogP contribution in [-0.4, -0.2) is 34.1 Å². The van der Waals surface area contributed by atoms with E-state index in [9.17, 15) is 0 Å². The first kappa shape index (κ1) is 35.4. The largest absolute Gasteiger partial charge is 0.309 e. The fraction of sp³-hybridized carbons (Fsp3) is 0. The summed E-state index contributed by atoms with van der Waals surface area (Å²) in [6.45, 7) is 0. The lowest BCUT2D eigenvalue weighted by Gasteiger charge is -2.14. The number of aromatic nitrogens is 7. The van der Waals surface area contributed by atoms with Gasteiger partial charge in [0.1, 0.15) is 0 Å². The van der Waals surface area contributed by atoms with Crippen LogP contribution in [-0.2, 0) is 0 Å². The highest BCUT2D eigenvalue weighted by molar-refractivity contribution is 6.19. The first-order valence-electron chi connectivity index (χ1n) is 20.7. The maximum Gasteiger partial charge on any atom is 0.238 e. The van der Waals surface area contributed by atoms with Crippen molar-refractivity contribution in [2.24, 2.45) is 0 Å². The van der Waals surface area contributed by atoms with E-state index in [0.717, 1.165) is 83.2 Å². The van der Waals surface area contributed by atoms with Crippen LogP contribution in [0.25, 0.3) is 112 Å². The number of para-hydroxylation sites is 2. The van der Waals surface area contributed by atoms with Crippen molar-refractivity contribution < 1.29 is 0 Å². The van der Waals surface area contributed by atoms with Gasteiger partial charge < -0.3 is 4.57 Å². The molecule has 7 nitrogen and oxygen atoms in total. The molecule has 0 atom stereocenters. The van der Waals surface area contributed by atoms with Gasteiger partial charge in [-0.2, -0.15) is 9.97 Å². The van der Waals surface area contributed by atoms with Gasteiger partial charge in [0.25, 0.3) is 0 Å². The fourth-order valence-electron chi connectivity index (χ4n) is 8.88. The number of benzene rings is 7. The van der Waals surface area contributed by atoms with Crippen molar-refractivity contribution >= 4 is 43.6 Å². The van der Waals surface area contributed by atoms with Gasteiger partial charge in [0.2, 0.25) is 5.95 Å². The van der Waals surface area contributed by atoms with Crippen LogP contribution < -0.4 is 0 Å². The number of hydrogen-bond acceptors (Lipinski definition) is 5. The van der Waals surface area contributed by atoms with Gasteiger partial charge in [0, 0.05) is 62.5 Å². The molecule has 0 unspecified atom stereocenters. The van der Waals surface area contributed by atoms with E-state index in [1.54, 1.807) is 0 Å². The van der Waals surface area contributed by atoms with Gasteiger partial charge in [-0.05, 0) is 95.1 Å². The lowest BCUT2D eigenvalue weighted by atomic mass is 9.91. The molecule has 0 aliphatic heterocycles. The van der Waals surface area contributed by atoms with E-state index in [1.807, 2.05) is 91.4 Å². The molecule has 0 fully saturated rings. The summed E-state index contributed by atoms with van der Waals surface area (Å²) >= 11 is 0. The molecule has 12 aromatic rings. The third kappa shape index (κ3) is 5.94. The van der Waals surface area contributed by atoms with Crippen LogP contribution in [0.3, 0.4) is 0 Å². The van der Waals surface area contributed by atoms with Crippen molar-refractivity contribution in [3.05, 3.63) is 213 Å². The number of fused-ring (bicyclic) bond motifs is 6. The summed E-state index contributed by atoms with van der Waals surface area (Å²) in [5.41, 5.74) is 13.5. The second-order valence-corrected chi connectivity index (χ2v) is 15.4. The van der Waals surface area contributed by atoms with Gasteiger partial charge >= 0.3 is 0 Å². The zero-order chi connectivity index (χ0) is 41.0. The Hall–Kier alpha value is -8.55. The second-order valence-electron chi connectivity index (χ2n) is 15.4. The van der Waals surface area contributed by atoms with Crippen LogP contribution in [0.5, 0.6) is 0 Å². The minimum Gasteiger partial charge on any atom is -0.309 e. The third-order valence-electron chi connectivity index (χ3n) is 11.7. The highest BCUT2D eigenvalue weighted by atomic mass is 15.2. The van der Waals surface area contributed by atoms with E-state index in [4.69, 9.17) is 19.9 Å². The zero-order valence-electron chi connectivity index (χ0n) is 33.3. The third-order valence-corrected chi connectivity index (χ3v) is 11.7. The van der Waals surface area contributed by atoms with Gasteiger partial charge in [-0.1, -0.05) is 121 Å². The summed E-state index contributed by atoms with van der Waals surface area (Å²) < 4.78 is 4.58. The van der Waals surface area contributed by atoms with Crippen LogP contribution in [0.15, 0.2) is 213 Å². The van der Waals surface area contributed by atoms with Gasteiger partial charge in [-0.15, -0.1) is 0 Å². The first-order valence-corrected chi connectivity index (χ1v) is 20.7. The van der Waals surface area contributed by atoms with Gasteiger partial charge in [-0.3, -0.25) is 14.5 Å². The number of nitrogens with zero attached hydrogens (tertiary/aromatic N) is 7. The van der Waals surface area contributed by atoms with Crippen LogP contribution in [0.1, 0.15) is 0 Å². The molecule has 7 aromatic carbocycles. The van der Waals surface area contributed by atoms with Crippen LogP contribution >= 0.6 is 0 Å². The Labute approximate surface area is 356 Å². The van der Waals surface area contributed by atoms with Crippen molar-refractivity contribution in [2.75, 3.05) is 0 Å². The zero-order valence-corrected chi connectivity index (χ0v) is 33.3. The predicted molar refractivity (Wildman–Crippen MR) is 251 cm³/mol. The van der Waals surface area contributed by atoms with Gasteiger partial charge in [0.05, 0.1) is 27.8 Å². The molecule has 0 aliphatic rings. The molecule has 0 aliphatic carbocycles. The highest BCUT2D eigenvalue weighted by Gasteiger charge is 2.22. The smallest absolute Gasteiger partial charge is 0.238 e. The predicted octanol–water partition coefficient (Wildman–Crippen LogP) is 13.2. The van der Waals surface area contributed by atoms with E-state index in [2.05, 4.69) is 135 Å². The molecule has 0 spiro atoms. The highest BCUT2D eigenvalue weighted by Crippen LogP contribution is 2.42.